The van der Waals surface area contributed by atoms with Crippen LogP contribution in [0, 0.1) is 12.8 Å². The van der Waals surface area contributed by atoms with E-state index in [-0.39, 0.29) is 0 Å². The lowest BCUT2D eigenvalue weighted by Gasteiger charge is -2.20. The van der Waals surface area contributed by atoms with E-state index in [2.05, 4.69) is 175 Å². The van der Waals surface area contributed by atoms with E-state index in [0.29, 0.717) is 5.92 Å². The lowest BCUT2D eigenvalue weighted by Crippen LogP contribution is -2.03. The minimum absolute atomic E-state index is 0.464. The van der Waals surface area contributed by atoms with Crippen molar-refractivity contribution in [3.05, 3.63) is 163 Å². The molecule has 0 amide bonds. The van der Waals surface area contributed by atoms with Crippen molar-refractivity contribution >= 4 is 49.2 Å². The van der Waals surface area contributed by atoms with E-state index in [1.807, 2.05) is 0 Å². The summed E-state index contributed by atoms with van der Waals surface area (Å²) in [5.74, 6) is 0.464. The third-order valence-corrected chi connectivity index (χ3v) is 9.78. The molecule has 0 saturated heterocycles. The zero-order valence-electron chi connectivity index (χ0n) is 26.1. The Bertz CT molecular complexity index is 2510. The van der Waals surface area contributed by atoms with Gasteiger partial charge < -0.3 is 9.13 Å². The Balaban J connectivity index is 1.41. The minimum Gasteiger partial charge on any atom is -0.309 e. The zero-order valence-corrected chi connectivity index (χ0v) is 26.1. The Kier molecular flexibility index (Phi) is 6.11. The number of hydrogen-bond acceptors (Lipinski definition) is 0. The fourth-order valence-electron chi connectivity index (χ4n) is 7.56. The van der Waals surface area contributed by atoms with Gasteiger partial charge in [0, 0.05) is 32.9 Å². The summed E-state index contributed by atoms with van der Waals surface area (Å²) in [5, 5.41) is 5.12. The van der Waals surface area contributed by atoms with Gasteiger partial charge in [0.05, 0.1) is 22.1 Å². The second-order valence-corrected chi connectivity index (χ2v) is 12.8. The van der Waals surface area contributed by atoms with E-state index < -0.39 is 0 Å². The van der Waals surface area contributed by atoms with E-state index >= 15 is 0 Å². The van der Waals surface area contributed by atoms with Crippen LogP contribution in [0.1, 0.15) is 24.5 Å². The predicted octanol–water partition coefficient (Wildman–Crippen LogP) is 11.8. The summed E-state index contributed by atoms with van der Waals surface area (Å²) in [4.78, 5) is 0. The number of nitrogens with zero attached hydrogens (tertiary/aromatic N) is 2. The maximum atomic E-state index is 2.50. The van der Waals surface area contributed by atoms with Crippen LogP contribution in [0.5, 0.6) is 0 Å². The van der Waals surface area contributed by atoms with Crippen molar-refractivity contribution in [1.82, 2.24) is 9.13 Å². The molecule has 0 aliphatic heterocycles. The average molecular weight is 591 g/mol. The molecule has 8 aromatic rings. The van der Waals surface area contributed by atoms with Crippen LogP contribution < -0.4 is 0 Å². The Morgan fingerprint density at radius 2 is 1.15 bits per heavy atom. The number of allylic oxidation sites excluding steroid dienone is 4. The molecule has 2 nitrogen and oxygen atoms in total. The summed E-state index contributed by atoms with van der Waals surface area (Å²) in [5.41, 5.74) is 13.7. The van der Waals surface area contributed by atoms with Gasteiger partial charge in [-0.1, -0.05) is 104 Å². The molecular formula is C44H34N2. The van der Waals surface area contributed by atoms with Gasteiger partial charge in [-0.15, -0.1) is 0 Å². The summed E-state index contributed by atoms with van der Waals surface area (Å²) in [6, 6.07) is 49.3. The van der Waals surface area contributed by atoms with E-state index in [9.17, 15) is 0 Å². The highest BCUT2D eigenvalue weighted by Gasteiger charge is 2.20. The van der Waals surface area contributed by atoms with Gasteiger partial charge in [-0.25, -0.2) is 0 Å². The highest BCUT2D eigenvalue weighted by Crippen LogP contribution is 2.41. The summed E-state index contributed by atoms with van der Waals surface area (Å²) >= 11 is 0. The van der Waals surface area contributed by atoms with Gasteiger partial charge in [0.15, 0.2) is 0 Å². The maximum Gasteiger partial charge on any atom is 0.0562 e. The molecule has 2 aromatic heterocycles. The number of para-hydroxylation sites is 2. The van der Waals surface area contributed by atoms with E-state index in [1.165, 1.54) is 82.8 Å². The van der Waals surface area contributed by atoms with Crippen LogP contribution in [0.2, 0.25) is 0 Å². The first kappa shape index (κ1) is 26.8. The lowest BCUT2D eigenvalue weighted by atomic mass is 9.86. The molecule has 46 heavy (non-hydrogen) atoms. The number of hydrogen-bond donors (Lipinski definition) is 0. The molecule has 0 N–H and O–H groups in total. The highest BCUT2D eigenvalue weighted by molar-refractivity contribution is 6.19. The van der Waals surface area contributed by atoms with E-state index in [4.69, 9.17) is 0 Å². The number of aromatic nitrogens is 2. The number of rotatable bonds is 4. The Labute approximate surface area is 269 Å². The van der Waals surface area contributed by atoms with Gasteiger partial charge in [0.1, 0.15) is 0 Å². The summed E-state index contributed by atoms with van der Waals surface area (Å²) in [6.07, 6.45) is 7.86. The molecule has 1 atom stereocenters. The zero-order chi connectivity index (χ0) is 30.8. The molecule has 0 fully saturated rings. The molecule has 1 unspecified atom stereocenters. The van der Waals surface area contributed by atoms with Crippen molar-refractivity contribution in [3.8, 4) is 22.5 Å². The predicted molar refractivity (Wildman–Crippen MR) is 196 cm³/mol. The van der Waals surface area contributed by atoms with Crippen molar-refractivity contribution in [2.75, 3.05) is 0 Å². The van der Waals surface area contributed by atoms with Crippen LogP contribution in [0.15, 0.2) is 152 Å². The SMILES string of the molecule is Cc1ccc2c(c1)c1cc3c4ccccc4n(-c4ccccc4)c3cc1n2-c1cc(C2=CC=CCC2C)cc(-c2ccccc2)c1. The summed E-state index contributed by atoms with van der Waals surface area (Å²) in [7, 11) is 0. The molecule has 2 heterocycles. The molecule has 0 bridgehead atoms. The summed E-state index contributed by atoms with van der Waals surface area (Å²) in [6.45, 7) is 4.54. The van der Waals surface area contributed by atoms with Gasteiger partial charge in [0.25, 0.3) is 0 Å². The Hall–Kier alpha value is -5.60. The van der Waals surface area contributed by atoms with E-state index in [0.717, 1.165) is 6.42 Å². The fraction of sp³-hybridized carbons (Fsp3) is 0.0909. The molecule has 2 heteroatoms. The molecule has 220 valence electrons. The van der Waals surface area contributed by atoms with E-state index in [1.54, 1.807) is 0 Å². The maximum absolute atomic E-state index is 2.50. The molecule has 9 rings (SSSR count). The van der Waals surface area contributed by atoms with Gasteiger partial charge in [0.2, 0.25) is 0 Å². The lowest BCUT2D eigenvalue weighted by molar-refractivity contribution is 0.758. The molecular weight excluding hydrogens is 556 g/mol. The van der Waals surface area contributed by atoms with Crippen LogP contribution in [-0.2, 0) is 0 Å². The fourth-order valence-corrected chi connectivity index (χ4v) is 7.56. The average Bonchev–Trinajstić information content (AvgIpc) is 3.59. The second-order valence-electron chi connectivity index (χ2n) is 12.8. The van der Waals surface area contributed by atoms with Crippen molar-refractivity contribution < 1.29 is 0 Å². The molecule has 0 spiro atoms. The van der Waals surface area contributed by atoms with Crippen molar-refractivity contribution in [3.63, 3.8) is 0 Å². The van der Waals surface area contributed by atoms with Crippen LogP contribution in [0.4, 0.5) is 0 Å². The normalized spacial score (nSPS) is 14.9. The van der Waals surface area contributed by atoms with Gasteiger partial charge in [-0.3, -0.25) is 0 Å². The molecule has 1 aliphatic rings. The highest BCUT2D eigenvalue weighted by atomic mass is 15.0. The second kappa shape index (κ2) is 10.5. The number of fused-ring (bicyclic) bond motifs is 6. The molecule has 1 aliphatic carbocycles. The quantitative estimate of drug-likeness (QED) is 0.193. The monoisotopic (exact) mass is 590 g/mol. The van der Waals surface area contributed by atoms with Crippen molar-refractivity contribution in [2.45, 2.75) is 20.3 Å². The summed E-state index contributed by atoms with van der Waals surface area (Å²) < 4.78 is 4.92. The standard InChI is InChI=1S/C44H34N2/c1-29-21-22-42-38(23-29)40-27-39-37-19-11-12-20-41(37)45(34-16-7-4-8-17-34)43(39)28-44(40)46(42)35-25-32(31-14-5-3-6-15-31)24-33(26-35)36-18-10-9-13-30(36)2/h3-12,14-28,30H,13H2,1-2H3. The van der Waals surface area contributed by atoms with Gasteiger partial charge in [-0.2, -0.15) is 0 Å². The molecule has 0 saturated carbocycles. The van der Waals surface area contributed by atoms with Crippen LogP contribution in [0.25, 0.3) is 71.7 Å². The van der Waals surface area contributed by atoms with Crippen molar-refractivity contribution in [1.29, 1.82) is 0 Å². The minimum atomic E-state index is 0.464. The number of benzene rings is 6. The Morgan fingerprint density at radius 1 is 0.500 bits per heavy atom. The Morgan fingerprint density at radius 3 is 1.96 bits per heavy atom. The largest absolute Gasteiger partial charge is 0.309 e. The third kappa shape index (κ3) is 4.18. The van der Waals surface area contributed by atoms with Crippen LogP contribution in [-0.4, -0.2) is 9.13 Å². The van der Waals surface area contributed by atoms with Crippen LogP contribution in [0.3, 0.4) is 0 Å². The smallest absolute Gasteiger partial charge is 0.0562 e. The third-order valence-electron chi connectivity index (χ3n) is 9.78. The first-order chi connectivity index (χ1) is 22.6. The van der Waals surface area contributed by atoms with Gasteiger partial charge in [-0.05, 0) is 102 Å². The number of aryl methyl sites for hydroxylation is 1. The van der Waals surface area contributed by atoms with Crippen molar-refractivity contribution in [2.24, 2.45) is 5.92 Å². The first-order valence-corrected chi connectivity index (χ1v) is 16.3. The first-order valence-electron chi connectivity index (χ1n) is 16.3. The molecule has 6 aromatic carbocycles. The van der Waals surface area contributed by atoms with Crippen LogP contribution >= 0.6 is 0 Å². The molecule has 0 radical (unpaired) electrons. The topological polar surface area (TPSA) is 9.86 Å². The van der Waals surface area contributed by atoms with Gasteiger partial charge >= 0.3 is 0 Å².